The molecule has 0 radical (unpaired) electrons. The lowest BCUT2D eigenvalue weighted by Gasteiger charge is -2.26. The van der Waals surface area contributed by atoms with E-state index in [1.807, 2.05) is 12.1 Å². The van der Waals surface area contributed by atoms with Crippen molar-refractivity contribution in [2.45, 2.75) is 19.6 Å². The van der Waals surface area contributed by atoms with Crippen molar-refractivity contribution >= 4 is 17.6 Å². The molecule has 6 nitrogen and oxygen atoms in total. The van der Waals surface area contributed by atoms with E-state index >= 15 is 0 Å². The van der Waals surface area contributed by atoms with E-state index in [-0.39, 0.29) is 0 Å². The fraction of sp³-hybridized carbons (Fsp3) is 0.333. The molecule has 1 saturated heterocycles. The Bertz CT molecular complexity index is 819. The van der Waals surface area contributed by atoms with Gasteiger partial charge in [-0.2, -0.15) is 0 Å². The van der Waals surface area contributed by atoms with Crippen LogP contribution < -0.4 is 5.32 Å². The molecule has 1 amide bonds. The van der Waals surface area contributed by atoms with Gasteiger partial charge in [0, 0.05) is 25.3 Å². The molecule has 0 bridgehead atoms. The molecule has 7 heteroatoms. The highest BCUT2D eigenvalue weighted by Crippen LogP contribution is 2.13. The number of anilines is 1. The van der Waals surface area contributed by atoms with Crippen LogP contribution in [0.1, 0.15) is 22.8 Å². The predicted molar refractivity (Wildman–Crippen MR) is 102 cm³/mol. The summed E-state index contributed by atoms with van der Waals surface area (Å²) in [7, 11) is 0. The number of nitrogens with one attached hydrogen (secondary N) is 1. The minimum atomic E-state index is -1.01. The second-order valence-electron chi connectivity index (χ2n) is 6.63. The highest BCUT2D eigenvalue weighted by atomic mass is 19.1. The van der Waals surface area contributed by atoms with Crippen molar-refractivity contribution in [2.75, 3.05) is 31.6 Å². The number of hydrogen-bond donors (Lipinski definition) is 1. The molecule has 3 rings (SSSR count). The van der Waals surface area contributed by atoms with Gasteiger partial charge in [-0.15, -0.1) is 0 Å². The van der Waals surface area contributed by atoms with Crippen LogP contribution in [0.25, 0.3) is 0 Å². The van der Waals surface area contributed by atoms with Gasteiger partial charge in [-0.05, 0) is 42.8 Å². The molecule has 148 valence electrons. The van der Waals surface area contributed by atoms with Crippen molar-refractivity contribution < 1.29 is 23.5 Å². The van der Waals surface area contributed by atoms with Crippen LogP contribution in [-0.2, 0) is 20.8 Å². The molecule has 0 aliphatic carbocycles. The number of carbonyl (C=O) groups is 2. The molecule has 0 spiro atoms. The van der Waals surface area contributed by atoms with E-state index < -0.39 is 23.8 Å². The Labute approximate surface area is 163 Å². The molecule has 0 aromatic heterocycles. The van der Waals surface area contributed by atoms with E-state index in [0.29, 0.717) is 11.3 Å². The van der Waals surface area contributed by atoms with Gasteiger partial charge in [0.05, 0.1) is 18.8 Å². The van der Waals surface area contributed by atoms with Crippen LogP contribution in [0, 0.1) is 5.82 Å². The number of benzene rings is 2. The van der Waals surface area contributed by atoms with Crippen molar-refractivity contribution in [2.24, 2.45) is 0 Å². The first-order chi connectivity index (χ1) is 13.5. The number of nitrogens with zero attached hydrogens (tertiary/aromatic N) is 1. The molecule has 1 aliphatic heterocycles. The molecule has 0 unspecified atom stereocenters. The fourth-order valence-corrected chi connectivity index (χ4v) is 2.86. The monoisotopic (exact) mass is 386 g/mol. The fourth-order valence-electron chi connectivity index (χ4n) is 2.86. The number of rotatable bonds is 6. The van der Waals surface area contributed by atoms with Crippen LogP contribution in [0.3, 0.4) is 0 Å². The van der Waals surface area contributed by atoms with Gasteiger partial charge in [0.1, 0.15) is 5.82 Å². The predicted octanol–water partition coefficient (Wildman–Crippen LogP) is 2.84. The number of carbonyl (C=O) groups excluding carboxylic acids is 2. The summed E-state index contributed by atoms with van der Waals surface area (Å²) in [5.41, 5.74) is 1.77. The maximum Gasteiger partial charge on any atom is 0.338 e. The molecule has 1 fully saturated rings. The number of esters is 1. The SMILES string of the molecule is C[C@H](OC(=O)c1ccc(CN2CCOCC2)cc1)C(=O)Nc1cccc(F)c1. The first-order valence-electron chi connectivity index (χ1n) is 9.18. The maximum absolute atomic E-state index is 13.2. The van der Waals surface area contributed by atoms with Gasteiger partial charge in [-0.1, -0.05) is 18.2 Å². The van der Waals surface area contributed by atoms with Crippen molar-refractivity contribution in [3.05, 3.63) is 65.5 Å². The molecular weight excluding hydrogens is 363 g/mol. The largest absolute Gasteiger partial charge is 0.449 e. The molecule has 1 aliphatic rings. The molecule has 28 heavy (non-hydrogen) atoms. The summed E-state index contributed by atoms with van der Waals surface area (Å²) >= 11 is 0. The van der Waals surface area contributed by atoms with Gasteiger partial charge in [0.2, 0.25) is 0 Å². The minimum Gasteiger partial charge on any atom is -0.449 e. The second kappa shape index (κ2) is 9.43. The topological polar surface area (TPSA) is 67.9 Å². The highest BCUT2D eigenvalue weighted by Gasteiger charge is 2.19. The van der Waals surface area contributed by atoms with Crippen LogP contribution in [0.15, 0.2) is 48.5 Å². The summed E-state index contributed by atoms with van der Waals surface area (Å²) in [4.78, 5) is 26.7. The number of halogens is 1. The number of morpholine rings is 1. The Morgan fingerprint density at radius 1 is 1.18 bits per heavy atom. The summed E-state index contributed by atoms with van der Waals surface area (Å²) in [6.45, 7) is 5.52. The van der Waals surface area contributed by atoms with Gasteiger partial charge in [0.15, 0.2) is 6.10 Å². The van der Waals surface area contributed by atoms with Gasteiger partial charge in [-0.3, -0.25) is 9.69 Å². The van der Waals surface area contributed by atoms with Crippen LogP contribution in [0.4, 0.5) is 10.1 Å². The highest BCUT2D eigenvalue weighted by molar-refractivity contribution is 5.97. The van der Waals surface area contributed by atoms with Crippen molar-refractivity contribution in [1.82, 2.24) is 4.90 Å². The Morgan fingerprint density at radius 2 is 1.89 bits per heavy atom. The van der Waals surface area contributed by atoms with E-state index in [0.717, 1.165) is 38.4 Å². The average molecular weight is 386 g/mol. The molecule has 2 aromatic rings. The lowest BCUT2D eigenvalue weighted by Crippen LogP contribution is -2.35. The van der Waals surface area contributed by atoms with Crippen molar-refractivity contribution in [3.8, 4) is 0 Å². The molecule has 2 aromatic carbocycles. The summed E-state index contributed by atoms with van der Waals surface area (Å²) < 4.78 is 23.7. The van der Waals surface area contributed by atoms with E-state index in [2.05, 4.69) is 10.2 Å². The van der Waals surface area contributed by atoms with Gasteiger partial charge in [0.25, 0.3) is 5.91 Å². The number of ether oxygens (including phenoxy) is 2. The zero-order chi connectivity index (χ0) is 19.9. The zero-order valence-electron chi connectivity index (χ0n) is 15.7. The Morgan fingerprint density at radius 3 is 2.57 bits per heavy atom. The van der Waals surface area contributed by atoms with Crippen LogP contribution in [-0.4, -0.2) is 49.2 Å². The van der Waals surface area contributed by atoms with Gasteiger partial charge < -0.3 is 14.8 Å². The Hall–Kier alpha value is -2.77. The van der Waals surface area contributed by atoms with Crippen molar-refractivity contribution in [3.63, 3.8) is 0 Å². The molecule has 1 atom stereocenters. The third-order valence-electron chi connectivity index (χ3n) is 4.44. The summed E-state index contributed by atoms with van der Waals surface area (Å²) in [5.74, 6) is -1.57. The summed E-state index contributed by atoms with van der Waals surface area (Å²) in [6, 6.07) is 12.7. The molecule has 0 saturated carbocycles. The number of hydrogen-bond acceptors (Lipinski definition) is 5. The lowest BCUT2D eigenvalue weighted by atomic mass is 10.1. The average Bonchev–Trinajstić information content (AvgIpc) is 2.69. The summed E-state index contributed by atoms with van der Waals surface area (Å²) in [5, 5.41) is 2.52. The van der Waals surface area contributed by atoms with E-state index in [1.165, 1.54) is 25.1 Å². The Balaban J connectivity index is 1.52. The second-order valence-corrected chi connectivity index (χ2v) is 6.63. The quantitative estimate of drug-likeness (QED) is 0.774. The maximum atomic E-state index is 13.2. The zero-order valence-corrected chi connectivity index (χ0v) is 15.7. The third kappa shape index (κ3) is 5.61. The first-order valence-corrected chi connectivity index (χ1v) is 9.18. The minimum absolute atomic E-state index is 0.306. The van der Waals surface area contributed by atoms with E-state index in [4.69, 9.17) is 9.47 Å². The third-order valence-corrected chi connectivity index (χ3v) is 4.44. The lowest BCUT2D eigenvalue weighted by molar-refractivity contribution is -0.123. The molecular formula is C21H23FN2O4. The van der Waals surface area contributed by atoms with Crippen molar-refractivity contribution in [1.29, 1.82) is 0 Å². The van der Waals surface area contributed by atoms with E-state index in [9.17, 15) is 14.0 Å². The van der Waals surface area contributed by atoms with Gasteiger partial charge >= 0.3 is 5.97 Å². The van der Waals surface area contributed by atoms with Crippen LogP contribution in [0.2, 0.25) is 0 Å². The molecule has 1 heterocycles. The van der Waals surface area contributed by atoms with Crippen LogP contribution >= 0.6 is 0 Å². The van der Waals surface area contributed by atoms with Gasteiger partial charge in [-0.25, -0.2) is 9.18 Å². The van der Waals surface area contributed by atoms with E-state index in [1.54, 1.807) is 18.2 Å². The molecule has 1 N–H and O–H groups in total. The number of amides is 1. The smallest absolute Gasteiger partial charge is 0.338 e. The normalized spacial score (nSPS) is 15.6. The standard InChI is InChI=1S/C21H23FN2O4/c1-15(20(25)23-19-4-2-3-18(22)13-19)28-21(26)17-7-5-16(6-8-17)14-24-9-11-27-12-10-24/h2-8,13,15H,9-12,14H2,1H3,(H,23,25)/t15-/m0/s1. The van der Waals surface area contributed by atoms with Crippen LogP contribution in [0.5, 0.6) is 0 Å². The summed E-state index contributed by atoms with van der Waals surface area (Å²) in [6.07, 6.45) is -1.01. The Kier molecular flexibility index (Phi) is 6.73. The first kappa shape index (κ1) is 20.0.